The van der Waals surface area contributed by atoms with Crippen LogP contribution in [-0.2, 0) is 15.9 Å². The zero-order valence-electron chi connectivity index (χ0n) is 7.27. The summed E-state index contributed by atoms with van der Waals surface area (Å²) >= 11 is -0.223. The van der Waals surface area contributed by atoms with Crippen molar-refractivity contribution < 1.29 is 103 Å². The summed E-state index contributed by atoms with van der Waals surface area (Å²) in [5, 5.41) is -0.573. The molecular weight excluding hydrogens is 218 g/mol. The van der Waals surface area contributed by atoms with Gasteiger partial charge in [-0.2, -0.15) is 6.80 Å². The molecule has 52 valence electrons. The van der Waals surface area contributed by atoms with E-state index in [4.69, 9.17) is 5.73 Å². The van der Waals surface area contributed by atoms with Crippen molar-refractivity contribution in [2.75, 3.05) is 0 Å². The van der Waals surface area contributed by atoms with E-state index in [9.17, 15) is 14.4 Å². The first kappa shape index (κ1) is 23.9. The Morgan fingerprint density at radius 3 is 1.64 bits per heavy atom. The van der Waals surface area contributed by atoms with E-state index < -0.39 is 12.2 Å². The summed E-state index contributed by atoms with van der Waals surface area (Å²) < 4.78 is 9.82. The minimum absolute atomic E-state index is 0. The molecule has 11 heavy (non-hydrogen) atoms. The molecule has 0 amide bonds. The molecule has 0 radical (unpaired) electrons. The van der Waals surface area contributed by atoms with Gasteiger partial charge in [-0.15, -0.1) is 0 Å². The van der Waals surface area contributed by atoms with Crippen LogP contribution in [0.3, 0.4) is 0 Å². The summed E-state index contributed by atoms with van der Waals surface area (Å²) in [5.41, 5.74) is 4.99. The molecule has 0 aliphatic rings. The van der Waals surface area contributed by atoms with Crippen LogP contribution >= 0.6 is 6.80 Å². The van der Waals surface area contributed by atoms with E-state index in [0.29, 0.717) is 0 Å². The molecule has 2 N–H and O–H groups in total. The van der Waals surface area contributed by atoms with E-state index in [-0.39, 0.29) is 100 Å². The van der Waals surface area contributed by atoms with Crippen molar-refractivity contribution in [2.24, 2.45) is 5.73 Å². The third kappa shape index (κ3) is 24.7. The first-order valence-electron chi connectivity index (χ1n) is 1.92. The molecule has 1 atom stereocenters. The zero-order chi connectivity index (χ0) is 6.78. The van der Waals surface area contributed by atoms with Gasteiger partial charge in [0.15, 0.2) is 0 Å². The van der Waals surface area contributed by atoms with Crippen LogP contribution in [0.5, 0.6) is 0 Å². The number of hydrogen-bond donors (Lipinski definition) is 1. The quantitative estimate of drug-likeness (QED) is 0.219. The predicted octanol–water partition coefficient (Wildman–Crippen LogP) is -11.1. The van der Waals surface area contributed by atoms with E-state index in [1.54, 1.807) is 0 Å². The van der Waals surface area contributed by atoms with Crippen LogP contribution in [0.15, 0.2) is 0 Å². The van der Waals surface area contributed by atoms with Crippen LogP contribution in [0.4, 0.5) is 0 Å². The molecule has 0 aromatic carbocycles. The topological polar surface area (TPSA) is 89.2 Å². The van der Waals surface area contributed by atoms with E-state index in [0.717, 1.165) is 0 Å². The summed E-state index contributed by atoms with van der Waals surface area (Å²) in [6.07, 6.45) is 0. The monoisotopic (exact) mass is 225 g/mol. The number of thiol groups is 1. The number of rotatable bonds is 2. The Morgan fingerprint density at radius 1 is 1.36 bits per heavy atom. The van der Waals surface area contributed by atoms with Crippen LogP contribution in [-0.4, -0.2) is 5.37 Å². The molecule has 0 fully saturated rings. The molecule has 9 heteroatoms. The Balaban J connectivity index is -0.0000000817. The summed E-state index contributed by atoms with van der Waals surface area (Å²) in [7, 11) is 0. The van der Waals surface area contributed by atoms with Crippen molar-refractivity contribution in [2.45, 2.75) is 12.3 Å². The Labute approximate surface area is 137 Å². The Bertz CT molecular complexity index is 119. The van der Waals surface area contributed by atoms with Gasteiger partial charge in [0.25, 0.3) is 0 Å². The second kappa shape index (κ2) is 11.5. The second-order valence-electron chi connectivity index (χ2n) is 1.32. The van der Waals surface area contributed by atoms with Crippen molar-refractivity contribution in [3.8, 4) is 0 Å². The van der Waals surface area contributed by atoms with Gasteiger partial charge in [-0.3, -0.25) is 0 Å². The van der Waals surface area contributed by atoms with Crippen LogP contribution in [0.25, 0.3) is 0 Å². The third-order valence-corrected chi connectivity index (χ3v) is 2.91. The maximum atomic E-state index is 9.82. The molecule has 0 saturated carbocycles. The standard InChI is InChI=1S/C2H9NO3PS.3Na/c1-2(3)8-7(4,5)6;;;/h2,8H,3H2,1H3,(H2,4,5,6);;;/q-1;3*+1/p-2. The van der Waals surface area contributed by atoms with Crippen LogP contribution in [0.1, 0.15) is 6.92 Å². The maximum absolute atomic E-state index is 9.82. The SMILES string of the molecule is CC(N)[SH-]P(=O)([O-])[O-].[Na+].[Na+].[Na+]. The smallest absolute Gasteiger partial charge is 0.827 e. The fourth-order valence-corrected chi connectivity index (χ4v) is 2.01. The fraction of sp³-hybridized carbons (Fsp3) is 1.00. The van der Waals surface area contributed by atoms with Crippen molar-refractivity contribution in [3.05, 3.63) is 0 Å². The first-order chi connectivity index (χ1) is 3.42. The average molecular weight is 225 g/mol. The summed E-state index contributed by atoms with van der Waals surface area (Å²) in [6, 6.07) is 0. The predicted molar refractivity (Wildman–Crippen MR) is 30.0 cm³/mol. The van der Waals surface area contributed by atoms with Gasteiger partial charge in [0.1, 0.15) is 0 Å². The normalized spacial score (nSPS) is 12.0. The zero-order valence-corrected chi connectivity index (χ0v) is 15.1. The van der Waals surface area contributed by atoms with E-state index in [2.05, 4.69) is 0 Å². The number of nitrogens with two attached hydrogens (primary N) is 1. The van der Waals surface area contributed by atoms with Crippen LogP contribution < -0.4 is 104 Å². The molecule has 0 aromatic rings. The van der Waals surface area contributed by atoms with Gasteiger partial charge in [-0.25, -0.2) is 0 Å². The maximum Gasteiger partial charge on any atom is 1.00 e. The molecule has 0 aromatic heterocycles. The first-order valence-corrected chi connectivity index (χ1v) is 5.13. The molecule has 0 aliphatic carbocycles. The van der Waals surface area contributed by atoms with E-state index in [1.807, 2.05) is 0 Å². The molecule has 1 unspecified atom stereocenters. The van der Waals surface area contributed by atoms with E-state index >= 15 is 0 Å². The van der Waals surface area contributed by atoms with Gasteiger partial charge in [0, 0.05) is 0 Å². The minimum atomic E-state index is -4.37. The largest absolute Gasteiger partial charge is 1.00 e. The van der Waals surface area contributed by atoms with Crippen molar-refractivity contribution >= 4 is 18.2 Å². The Kier molecular flexibility index (Phi) is 25.1. The molecule has 0 aliphatic heterocycles. The molecule has 0 saturated heterocycles. The summed E-state index contributed by atoms with van der Waals surface area (Å²) in [6.45, 7) is -2.91. The van der Waals surface area contributed by atoms with Crippen LogP contribution in [0, 0.1) is 0 Å². The second-order valence-corrected chi connectivity index (χ2v) is 5.47. The van der Waals surface area contributed by atoms with Crippen molar-refractivity contribution in [1.82, 2.24) is 0 Å². The average Bonchev–Trinajstić information content (AvgIpc) is 1.21. The molecule has 0 spiro atoms. The fourth-order valence-electron chi connectivity index (χ4n) is 0.223. The molecule has 0 heterocycles. The van der Waals surface area contributed by atoms with Gasteiger partial charge < -0.3 is 31.5 Å². The van der Waals surface area contributed by atoms with Crippen LogP contribution in [0.2, 0.25) is 0 Å². The summed E-state index contributed by atoms with van der Waals surface area (Å²) in [5.74, 6) is 0. The third-order valence-electron chi connectivity index (χ3n) is 0.324. The number of hydrogen-bond acceptors (Lipinski definition) is 5. The van der Waals surface area contributed by atoms with Gasteiger partial charge in [0.2, 0.25) is 0 Å². The Morgan fingerprint density at radius 2 is 1.64 bits per heavy atom. The van der Waals surface area contributed by atoms with Crippen molar-refractivity contribution in [1.29, 1.82) is 0 Å². The van der Waals surface area contributed by atoms with Crippen molar-refractivity contribution in [3.63, 3.8) is 0 Å². The molecule has 0 rings (SSSR count). The Hall–Kier alpha value is 3.46. The molecule has 0 bridgehead atoms. The minimum Gasteiger partial charge on any atom is -0.827 e. The molecule has 4 nitrogen and oxygen atoms in total. The van der Waals surface area contributed by atoms with Gasteiger partial charge in [-0.05, 0) is 0 Å². The molecular formula is C2H7NNa3O3PS. The van der Waals surface area contributed by atoms with E-state index in [1.165, 1.54) is 6.92 Å². The van der Waals surface area contributed by atoms with Gasteiger partial charge in [-0.1, -0.05) is 12.3 Å². The van der Waals surface area contributed by atoms with Gasteiger partial charge >= 0.3 is 88.7 Å². The van der Waals surface area contributed by atoms with Gasteiger partial charge in [0.05, 0.1) is 0 Å². The summed E-state index contributed by atoms with van der Waals surface area (Å²) in [4.78, 5) is 19.6.